The molecule has 0 aliphatic carbocycles. The summed E-state index contributed by atoms with van der Waals surface area (Å²) in [6, 6.07) is 8.26. The molecule has 0 radical (unpaired) electrons. The van der Waals surface area contributed by atoms with E-state index in [1.165, 1.54) is 5.56 Å². The molecular formula is C14H21OW-. The number of hydrogen-bond acceptors (Lipinski definition) is 1. The van der Waals surface area contributed by atoms with Gasteiger partial charge < -0.3 is 11.7 Å². The average molecular weight is 389 g/mol. The van der Waals surface area contributed by atoms with E-state index in [0.29, 0.717) is 0 Å². The number of ether oxygens (including phenoxy) is 1. The van der Waals surface area contributed by atoms with Crippen LogP contribution in [0.1, 0.15) is 39.2 Å². The molecule has 0 aliphatic heterocycles. The molecule has 0 aromatic heterocycles. The maximum Gasteiger partial charge on any atom is 0.122 e. The third-order valence-corrected chi connectivity index (χ3v) is 2.70. The monoisotopic (exact) mass is 389 g/mol. The van der Waals surface area contributed by atoms with E-state index in [2.05, 4.69) is 39.8 Å². The molecule has 16 heavy (non-hydrogen) atoms. The summed E-state index contributed by atoms with van der Waals surface area (Å²) in [5.41, 5.74) is 1.35. The molecule has 0 unspecified atom stereocenters. The molecule has 0 bridgehead atoms. The Bertz CT molecular complexity index is 307. The summed E-state index contributed by atoms with van der Waals surface area (Å²) in [4.78, 5) is 0. The Morgan fingerprint density at radius 2 is 1.88 bits per heavy atom. The van der Waals surface area contributed by atoms with Crippen LogP contribution in [0.3, 0.4) is 0 Å². The molecule has 1 aromatic rings. The van der Waals surface area contributed by atoms with Crippen LogP contribution in [0.15, 0.2) is 24.3 Å². The van der Waals surface area contributed by atoms with Crippen LogP contribution in [0.5, 0.6) is 5.75 Å². The van der Waals surface area contributed by atoms with Crippen LogP contribution in [0, 0.1) is 6.92 Å². The van der Waals surface area contributed by atoms with Crippen molar-refractivity contribution in [3.05, 3.63) is 36.8 Å². The Hall–Kier alpha value is -0.292. The molecule has 0 saturated heterocycles. The largest absolute Gasteiger partial charge is 0.493 e. The molecule has 0 atom stereocenters. The van der Waals surface area contributed by atoms with Crippen molar-refractivity contribution in [3.63, 3.8) is 0 Å². The Morgan fingerprint density at radius 1 is 1.25 bits per heavy atom. The second-order valence-electron chi connectivity index (χ2n) is 4.48. The number of rotatable bonds is 5. The molecule has 0 fully saturated rings. The molecule has 90 valence electrons. The van der Waals surface area contributed by atoms with Crippen molar-refractivity contribution in [2.45, 2.75) is 39.0 Å². The van der Waals surface area contributed by atoms with Gasteiger partial charge >= 0.3 is 0 Å². The molecule has 0 aliphatic rings. The molecule has 1 aromatic carbocycles. The van der Waals surface area contributed by atoms with E-state index >= 15 is 0 Å². The topological polar surface area (TPSA) is 9.23 Å². The van der Waals surface area contributed by atoms with Gasteiger partial charge in [-0.15, -0.1) is 0 Å². The standard InChI is InChI=1S/C14H21O.W/c1-5-11-15-13-10-8-7-9-12(13)14(3,4)6-2;/h7-10H,2,5-6,11H2,1,3-4H3;/q-1;. The van der Waals surface area contributed by atoms with Crippen LogP contribution in [-0.2, 0) is 26.5 Å². The number of benzene rings is 1. The predicted molar refractivity (Wildman–Crippen MR) is 65.2 cm³/mol. The second-order valence-corrected chi connectivity index (χ2v) is 4.48. The average Bonchev–Trinajstić information content (AvgIpc) is 2.26. The van der Waals surface area contributed by atoms with Crippen LogP contribution in [0.2, 0.25) is 0 Å². The van der Waals surface area contributed by atoms with Gasteiger partial charge in [0.05, 0.1) is 6.61 Å². The van der Waals surface area contributed by atoms with Crippen LogP contribution in [0.25, 0.3) is 0 Å². The van der Waals surface area contributed by atoms with Gasteiger partial charge in [0, 0.05) is 21.1 Å². The molecule has 2 heteroatoms. The van der Waals surface area contributed by atoms with Crippen molar-refractivity contribution < 1.29 is 25.8 Å². The zero-order valence-electron chi connectivity index (χ0n) is 10.5. The SMILES string of the molecule is [CH2-]CC(C)(C)c1ccccc1OCCC.[W]. The molecule has 0 heterocycles. The van der Waals surface area contributed by atoms with Gasteiger partial charge in [0.25, 0.3) is 0 Å². The van der Waals surface area contributed by atoms with Crippen molar-refractivity contribution in [2.24, 2.45) is 0 Å². The summed E-state index contributed by atoms with van der Waals surface area (Å²) in [5.74, 6) is 1.01. The van der Waals surface area contributed by atoms with E-state index in [1.807, 2.05) is 12.1 Å². The maximum absolute atomic E-state index is 5.75. The fourth-order valence-electron chi connectivity index (χ4n) is 1.50. The van der Waals surface area contributed by atoms with Crippen LogP contribution in [-0.4, -0.2) is 6.61 Å². The van der Waals surface area contributed by atoms with Gasteiger partial charge in [0.15, 0.2) is 0 Å². The summed E-state index contributed by atoms with van der Waals surface area (Å²) < 4.78 is 5.75. The fraction of sp³-hybridized carbons (Fsp3) is 0.500. The molecule has 1 rings (SSSR count). The predicted octanol–water partition coefficient (Wildman–Crippen LogP) is 3.97. The van der Waals surface area contributed by atoms with Crippen LogP contribution < -0.4 is 4.74 Å². The third-order valence-electron chi connectivity index (χ3n) is 2.70. The first-order valence-corrected chi connectivity index (χ1v) is 5.63. The zero-order valence-corrected chi connectivity index (χ0v) is 13.4. The van der Waals surface area contributed by atoms with Gasteiger partial charge in [-0.2, -0.15) is 6.42 Å². The van der Waals surface area contributed by atoms with E-state index in [4.69, 9.17) is 4.74 Å². The first kappa shape index (κ1) is 15.7. The van der Waals surface area contributed by atoms with Gasteiger partial charge in [-0.05, 0) is 23.5 Å². The Morgan fingerprint density at radius 3 is 2.44 bits per heavy atom. The minimum atomic E-state index is 0. The van der Waals surface area contributed by atoms with E-state index < -0.39 is 0 Å². The Kier molecular flexibility index (Phi) is 6.99. The fourth-order valence-corrected chi connectivity index (χ4v) is 1.50. The zero-order chi connectivity index (χ0) is 11.3. The smallest absolute Gasteiger partial charge is 0.122 e. The van der Waals surface area contributed by atoms with Gasteiger partial charge in [0.2, 0.25) is 0 Å². The minimum absolute atomic E-state index is 0. The van der Waals surface area contributed by atoms with Crippen molar-refractivity contribution in [1.82, 2.24) is 0 Å². The summed E-state index contributed by atoms with van der Waals surface area (Å²) >= 11 is 0. The quantitative estimate of drug-likeness (QED) is 0.693. The van der Waals surface area contributed by atoms with Gasteiger partial charge in [-0.3, -0.25) is 0 Å². The summed E-state index contributed by atoms with van der Waals surface area (Å²) in [6.07, 6.45) is 1.92. The maximum atomic E-state index is 5.75. The molecule has 0 spiro atoms. The summed E-state index contributed by atoms with van der Waals surface area (Å²) in [7, 11) is 0. The molecular weight excluding hydrogens is 368 g/mol. The van der Waals surface area contributed by atoms with Gasteiger partial charge in [-0.1, -0.05) is 39.0 Å². The molecule has 0 N–H and O–H groups in total. The number of para-hydroxylation sites is 1. The second kappa shape index (κ2) is 7.12. The van der Waals surface area contributed by atoms with E-state index in [1.54, 1.807) is 0 Å². The molecule has 0 amide bonds. The van der Waals surface area contributed by atoms with Crippen LogP contribution in [0.4, 0.5) is 0 Å². The third kappa shape index (κ3) is 3.94. The number of hydrogen-bond donors (Lipinski definition) is 0. The summed E-state index contributed by atoms with van der Waals surface area (Å²) in [5, 5.41) is 0. The van der Waals surface area contributed by atoms with Crippen molar-refractivity contribution in [2.75, 3.05) is 6.61 Å². The van der Waals surface area contributed by atoms with E-state index in [0.717, 1.165) is 25.2 Å². The van der Waals surface area contributed by atoms with Crippen molar-refractivity contribution in [1.29, 1.82) is 0 Å². The Labute approximate surface area is 114 Å². The van der Waals surface area contributed by atoms with Crippen LogP contribution >= 0.6 is 0 Å². The van der Waals surface area contributed by atoms with E-state index in [9.17, 15) is 0 Å². The van der Waals surface area contributed by atoms with Crippen molar-refractivity contribution in [3.8, 4) is 5.75 Å². The first-order valence-electron chi connectivity index (χ1n) is 5.63. The molecule has 1 nitrogen and oxygen atoms in total. The minimum Gasteiger partial charge on any atom is -0.493 e. The first-order chi connectivity index (χ1) is 7.11. The normalized spacial score (nSPS) is 10.8. The van der Waals surface area contributed by atoms with E-state index in [-0.39, 0.29) is 26.5 Å². The van der Waals surface area contributed by atoms with Gasteiger partial charge in [0.1, 0.15) is 5.75 Å². The van der Waals surface area contributed by atoms with Crippen molar-refractivity contribution >= 4 is 0 Å². The van der Waals surface area contributed by atoms with Gasteiger partial charge in [-0.25, -0.2) is 0 Å². The molecule has 0 saturated carbocycles. The Balaban J connectivity index is 0.00000225. The summed E-state index contributed by atoms with van der Waals surface area (Å²) in [6.45, 7) is 11.3.